The van der Waals surface area contributed by atoms with Crippen LogP contribution in [0.25, 0.3) is 0 Å². The number of carboxylic acids is 1. The van der Waals surface area contributed by atoms with Crippen molar-refractivity contribution in [3.63, 3.8) is 0 Å². The molecule has 2 heterocycles. The van der Waals surface area contributed by atoms with Crippen molar-refractivity contribution in [2.24, 2.45) is 10.5 Å². The van der Waals surface area contributed by atoms with Crippen LogP contribution in [0.1, 0.15) is 39.0 Å². The molecule has 0 saturated carbocycles. The molecule has 1 fully saturated rings. The van der Waals surface area contributed by atoms with Gasteiger partial charge in [-0.3, -0.25) is 14.4 Å². The van der Waals surface area contributed by atoms with E-state index < -0.39 is 11.4 Å². The van der Waals surface area contributed by atoms with Gasteiger partial charge in [0, 0.05) is 25.9 Å². The second kappa shape index (κ2) is 5.60. The van der Waals surface area contributed by atoms with Gasteiger partial charge >= 0.3 is 5.97 Å². The van der Waals surface area contributed by atoms with Crippen molar-refractivity contribution in [3.8, 4) is 0 Å². The van der Waals surface area contributed by atoms with Gasteiger partial charge in [0.15, 0.2) is 0 Å². The van der Waals surface area contributed by atoms with Gasteiger partial charge in [-0.25, -0.2) is 5.43 Å². The lowest BCUT2D eigenvalue weighted by atomic mass is 9.76. The van der Waals surface area contributed by atoms with E-state index in [9.17, 15) is 19.5 Å². The van der Waals surface area contributed by atoms with Crippen LogP contribution in [-0.4, -0.2) is 46.6 Å². The molecule has 2 aliphatic heterocycles. The smallest absolute Gasteiger partial charge is 0.309 e. The van der Waals surface area contributed by atoms with Crippen molar-refractivity contribution in [2.75, 3.05) is 13.1 Å². The molecule has 20 heavy (non-hydrogen) atoms. The van der Waals surface area contributed by atoms with E-state index in [0.29, 0.717) is 44.5 Å². The number of hydrogen-bond donors (Lipinski definition) is 2. The van der Waals surface area contributed by atoms with Crippen LogP contribution in [0.4, 0.5) is 0 Å². The number of nitrogens with one attached hydrogen (secondary N) is 1. The summed E-state index contributed by atoms with van der Waals surface area (Å²) in [7, 11) is 0. The van der Waals surface area contributed by atoms with Gasteiger partial charge in [0.1, 0.15) is 5.71 Å². The van der Waals surface area contributed by atoms with Crippen LogP contribution >= 0.6 is 0 Å². The Bertz CT molecular complexity index is 464. The first-order chi connectivity index (χ1) is 9.48. The van der Waals surface area contributed by atoms with Crippen molar-refractivity contribution < 1.29 is 19.5 Å². The zero-order valence-electron chi connectivity index (χ0n) is 11.5. The average Bonchev–Trinajstić information content (AvgIpc) is 2.47. The highest BCUT2D eigenvalue weighted by molar-refractivity contribution is 6.39. The first kappa shape index (κ1) is 14.5. The Morgan fingerprint density at radius 2 is 2.00 bits per heavy atom. The van der Waals surface area contributed by atoms with Crippen LogP contribution in [0.3, 0.4) is 0 Å². The standard InChI is InChI=1S/C13H19N3O4/c1-2-13(12(19)20)5-7-16(8-6-13)11(18)9-3-4-10(17)15-14-9/h2-8H2,1H3,(H,15,17)(H,19,20). The number of carboxylic acid groups (broad SMARTS) is 1. The highest BCUT2D eigenvalue weighted by Gasteiger charge is 2.41. The van der Waals surface area contributed by atoms with Crippen LogP contribution < -0.4 is 5.43 Å². The molecular weight excluding hydrogens is 262 g/mol. The minimum Gasteiger partial charge on any atom is -0.481 e. The van der Waals surface area contributed by atoms with Gasteiger partial charge in [-0.15, -0.1) is 0 Å². The summed E-state index contributed by atoms with van der Waals surface area (Å²) in [5.74, 6) is -1.16. The topological polar surface area (TPSA) is 99.1 Å². The Morgan fingerprint density at radius 3 is 2.45 bits per heavy atom. The van der Waals surface area contributed by atoms with E-state index >= 15 is 0 Å². The zero-order chi connectivity index (χ0) is 14.8. The molecule has 0 aromatic carbocycles. The fourth-order valence-electron chi connectivity index (χ4n) is 2.67. The molecule has 2 N–H and O–H groups in total. The first-order valence-corrected chi connectivity index (χ1v) is 6.86. The molecule has 2 amide bonds. The zero-order valence-corrected chi connectivity index (χ0v) is 11.5. The SMILES string of the molecule is CCC1(C(=O)O)CCN(C(=O)C2=NNC(=O)CC2)CC1. The van der Waals surface area contributed by atoms with Crippen LogP contribution in [0.15, 0.2) is 5.10 Å². The molecule has 7 heteroatoms. The van der Waals surface area contributed by atoms with Gasteiger partial charge in [0.25, 0.3) is 5.91 Å². The highest BCUT2D eigenvalue weighted by Crippen LogP contribution is 2.35. The Labute approximate surface area is 117 Å². The summed E-state index contributed by atoms with van der Waals surface area (Å²) in [4.78, 5) is 36.2. The monoisotopic (exact) mass is 281 g/mol. The third-order valence-corrected chi connectivity index (χ3v) is 4.29. The van der Waals surface area contributed by atoms with Crippen LogP contribution in [-0.2, 0) is 14.4 Å². The molecular formula is C13H19N3O4. The number of aliphatic carboxylic acids is 1. The molecule has 7 nitrogen and oxygen atoms in total. The number of amides is 2. The van der Waals surface area contributed by atoms with Gasteiger partial charge in [-0.05, 0) is 19.3 Å². The normalized spacial score (nSPS) is 21.9. The Morgan fingerprint density at radius 1 is 1.35 bits per heavy atom. The quantitative estimate of drug-likeness (QED) is 0.780. The first-order valence-electron chi connectivity index (χ1n) is 6.86. The van der Waals surface area contributed by atoms with E-state index in [4.69, 9.17) is 0 Å². The number of rotatable bonds is 3. The van der Waals surface area contributed by atoms with Crippen molar-refractivity contribution >= 4 is 23.5 Å². The van der Waals surface area contributed by atoms with E-state index in [1.807, 2.05) is 6.92 Å². The summed E-state index contributed by atoms with van der Waals surface area (Å²) < 4.78 is 0. The van der Waals surface area contributed by atoms with Crippen LogP contribution in [0.5, 0.6) is 0 Å². The third kappa shape index (κ3) is 2.66. The second-order valence-electron chi connectivity index (χ2n) is 5.32. The summed E-state index contributed by atoms with van der Waals surface area (Å²) in [5, 5.41) is 13.1. The van der Waals surface area contributed by atoms with E-state index in [2.05, 4.69) is 10.5 Å². The number of carbonyl (C=O) groups is 3. The lowest BCUT2D eigenvalue weighted by Gasteiger charge is -2.38. The average molecular weight is 281 g/mol. The van der Waals surface area contributed by atoms with Crippen molar-refractivity contribution in [1.29, 1.82) is 0 Å². The highest BCUT2D eigenvalue weighted by atomic mass is 16.4. The molecule has 0 atom stereocenters. The predicted molar refractivity (Wildman–Crippen MR) is 71.0 cm³/mol. The van der Waals surface area contributed by atoms with Gasteiger partial charge in [-0.1, -0.05) is 6.92 Å². The minimum atomic E-state index is -0.783. The number of hydrogen-bond acceptors (Lipinski definition) is 4. The molecule has 0 aliphatic carbocycles. The van der Waals surface area contributed by atoms with Crippen LogP contribution in [0, 0.1) is 5.41 Å². The number of nitrogens with zero attached hydrogens (tertiary/aromatic N) is 2. The maximum Gasteiger partial charge on any atom is 0.309 e. The summed E-state index contributed by atoms with van der Waals surface area (Å²) in [6, 6.07) is 0. The van der Waals surface area contributed by atoms with E-state index in [-0.39, 0.29) is 18.2 Å². The molecule has 2 rings (SSSR count). The van der Waals surface area contributed by atoms with E-state index in [1.54, 1.807) is 4.90 Å². The summed E-state index contributed by atoms with van der Waals surface area (Å²) in [5.41, 5.74) is 1.95. The molecule has 0 spiro atoms. The number of piperidine rings is 1. The van der Waals surface area contributed by atoms with Gasteiger partial charge in [-0.2, -0.15) is 5.10 Å². The molecule has 2 aliphatic rings. The fraction of sp³-hybridized carbons (Fsp3) is 0.692. The maximum atomic E-state index is 12.2. The Hall–Kier alpha value is -1.92. The predicted octanol–water partition coefficient (Wildman–Crippen LogP) is 0.356. The third-order valence-electron chi connectivity index (χ3n) is 4.29. The second-order valence-corrected chi connectivity index (χ2v) is 5.32. The molecule has 110 valence electrons. The van der Waals surface area contributed by atoms with Gasteiger partial charge in [0.2, 0.25) is 5.91 Å². The molecule has 0 aromatic heterocycles. The molecule has 0 radical (unpaired) electrons. The summed E-state index contributed by atoms with van der Waals surface area (Å²) in [6.07, 6.45) is 2.11. The minimum absolute atomic E-state index is 0.184. The number of hydrazone groups is 1. The molecule has 0 bridgehead atoms. The van der Waals surface area contributed by atoms with Crippen molar-refractivity contribution in [1.82, 2.24) is 10.3 Å². The molecule has 0 unspecified atom stereocenters. The summed E-state index contributed by atoms with van der Waals surface area (Å²) in [6.45, 7) is 2.71. The van der Waals surface area contributed by atoms with Crippen molar-refractivity contribution in [2.45, 2.75) is 39.0 Å². The molecule has 1 saturated heterocycles. The van der Waals surface area contributed by atoms with Gasteiger partial charge < -0.3 is 10.0 Å². The Kier molecular flexibility index (Phi) is 4.06. The number of carbonyl (C=O) groups excluding carboxylic acids is 2. The van der Waals surface area contributed by atoms with E-state index in [1.165, 1.54) is 0 Å². The largest absolute Gasteiger partial charge is 0.481 e. The number of likely N-dealkylation sites (tertiary alicyclic amines) is 1. The lowest BCUT2D eigenvalue weighted by Crippen LogP contribution is -2.49. The summed E-state index contributed by atoms with van der Waals surface area (Å²) >= 11 is 0. The Balaban J connectivity index is 1.98. The maximum absolute atomic E-state index is 12.2. The molecule has 0 aromatic rings. The van der Waals surface area contributed by atoms with Gasteiger partial charge in [0.05, 0.1) is 5.41 Å². The van der Waals surface area contributed by atoms with Crippen LogP contribution in [0.2, 0.25) is 0 Å². The van der Waals surface area contributed by atoms with Crippen molar-refractivity contribution in [3.05, 3.63) is 0 Å². The fourth-order valence-corrected chi connectivity index (χ4v) is 2.67. The van der Waals surface area contributed by atoms with E-state index in [0.717, 1.165) is 0 Å². The lowest BCUT2D eigenvalue weighted by molar-refractivity contribution is -0.153.